The zero-order chi connectivity index (χ0) is 14.5. The zero-order valence-corrected chi connectivity index (χ0v) is 12.8. The molecule has 2 rings (SSSR count). The lowest BCUT2D eigenvalue weighted by Crippen LogP contribution is -2.36. The van der Waals surface area contributed by atoms with Gasteiger partial charge in [0.1, 0.15) is 0 Å². The zero-order valence-electron chi connectivity index (χ0n) is 12.8. The lowest BCUT2D eigenvalue weighted by Gasteiger charge is -2.32. The Hall–Kier alpha value is -1.51. The molecule has 0 saturated carbocycles. The minimum Gasteiger partial charge on any atom is -0.382 e. The van der Waals surface area contributed by atoms with E-state index >= 15 is 0 Å². The third kappa shape index (κ3) is 3.75. The van der Waals surface area contributed by atoms with Crippen LogP contribution in [0.25, 0.3) is 0 Å². The van der Waals surface area contributed by atoms with Gasteiger partial charge >= 0.3 is 0 Å². The van der Waals surface area contributed by atoms with E-state index in [-0.39, 0.29) is 11.9 Å². The summed E-state index contributed by atoms with van der Waals surface area (Å²) in [5, 5.41) is 6.70. The highest BCUT2D eigenvalue weighted by Gasteiger charge is 2.25. The molecule has 1 aromatic rings. The highest BCUT2D eigenvalue weighted by atomic mass is 16.1. The molecule has 0 aliphatic carbocycles. The van der Waals surface area contributed by atoms with E-state index in [1.807, 2.05) is 0 Å². The first-order chi connectivity index (χ1) is 9.60. The fraction of sp³-hybridized carbons (Fsp3) is 0.588. The predicted octanol–water partition coefficient (Wildman–Crippen LogP) is 3.94. The van der Waals surface area contributed by atoms with E-state index < -0.39 is 0 Å². The number of hydrogen-bond donors (Lipinski definition) is 2. The minimum absolute atomic E-state index is 0.148. The van der Waals surface area contributed by atoms with Crippen molar-refractivity contribution >= 4 is 11.6 Å². The number of fused-ring (bicyclic) bond motifs is 1. The van der Waals surface area contributed by atoms with Crippen molar-refractivity contribution in [1.82, 2.24) is 5.32 Å². The number of carbonyl (C=O) groups is 1. The van der Waals surface area contributed by atoms with E-state index in [4.69, 9.17) is 0 Å². The molecule has 0 saturated heterocycles. The van der Waals surface area contributed by atoms with Gasteiger partial charge in [0, 0.05) is 18.2 Å². The Morgan fingerprint density at radius 1 is 1.40 bits per heavy atom. The first-order valence-corrected chi connectivity index (χ1v) is 7.76. The highest BCUT2D eigenvalue weighted by molar-refractivity contribution is 5.77. The molecule has 3 nitrogen and oxygen atoms in total. The largest absolute Gasteiger partial charge is 0.382 e. The first-order valence-electron chi connectivity index (χ1n) is 7.76. The molecule has 0 bridgehead atoms. The molecule has 1 aliphatic heterocycles. The maximum atomic E-state index is 12.1. The maximum absolute atomic E-state index is 12.1. The van der Waals surface area contributed by atoms with E-state index in [1.165, 1.54) is 11.1 Å². The van der Waals surface area contributed by atoms with Gasteiger partial charge in [-0.3, -0.25) is 4.79 Å². The molecule has 20 heavy (non-hydrogen) atoms. The number of rotatable bonds is 5. The fourth-order valence-electron chi connectivity index (χ4n) is 2.85. The SMILES string of the molecule is CCCCCC(=O)N[C@H]1C[C@H](C)Nc2ccc(C)cc21. The van der Waals surface area contributed by atoms with Gasteiger partial charge in [-0.2, -0.15) is 0 Å². The molecule has 1 amide bonds. The highest BCUT2D eigenvalue weighted by Crippen LogP contribution is 2.33. The Labute approximate surface area is 122 Å². The second kappa shape index (κ2) is 6.78. The Kier molecular flexibility index (Phi) is 5.05. The summed E-state index contributed by atoms with van der Waals surface area (Å²) in [4.78, 5) is 12.1. The third-order valence-electron chi connectivity index (χ3n) is 3.92. The third-order valence-corrected chi connectivity index (χ3v) is 3.92. The van der Waals surface area contributed by atoms with Crippen LogP contribution < -0.4 is 10.6 Å². The Balaban J connectivity index is 2.05. The molecule has 110 valence electrons. The summed E-state index contributed by atoms with van der Waals surface area (Å²) in [7, 11) is 0. The second-order valence-corrected chi connectivity index (χ2v) is 5.95. The quantitative estimate of drug-likeness (QED) is 0.799. The van der Waals surface area contributed by atoms with Crippen LogP contribution in [0, 0.1) is 6.92 Å². The van der Waals surface area contributed by atoms with Crippen LogP contribution in [0.4, 0.5) is 5.69 Å². The number of aryl methyl sites for hydroxylation is 1. The maximum Gasteiger partial charge on any atom is 0.220 e. The van der Waals surface area contributed by atoms with Crippen molar-refractivity contribution in [2.24, 2.45) is 0 Å². The summed E-state index contributed by atoms with van der Waals surface area (Å²) in [6.07, 6.45) is 4.87. The summed E-state index contributed by atoms with van der Waals surface area (Å²) in [5.41, 5.74) is 3.63. The van der Waals surface area contributed by atoms with Crippen molar-refractivity contribution in [3.8, 4) is 0 Å². The fourth-order valence-corrected chi connectivity index (χ4v) is 2.85. The summed E-state index contributed by atoms with van der Waals surface area (Å²) < 4.78 is 0. The van der Waals surface area contributed by atoms with E-state index in [0.29, 0.717) is 12.5 Å². The smallest absolute Gasteiger partial charge is 0.220 e. The summed E-state index contributed by atoms with van der Waals surface area (Å²) in [6.45, 7) is 6.42. The molecule has 2 atom stereocenters. The van der Waals surface area contributed by atoms with Crippen LogP contribution in [0.3, 0.4) is 0 Å². The molecule has 3 heteroatoms. The van der Waals surface area contributed by atoms with Crippen LogP contribution in [0.5, 0.6) is 0 Å². The number of hydrogen-bond acceptors (Lipinski definition) is 2. The summed E-state index contributed by atoms with van der Waals surface area (Å²) >= 11 is 0. The Morgan fingerprint density at radius 3 is 2.95 bits per heavy atom. The van der Waals surface area contributed by atoms with Crippen LogP contribution in [-0.2, 0) is 4.79 Å². The molecule has 0 unspecified atom stereocenters. The molecular formula is C17H26N2O. The van der Waals surface area contributed by atoms with Crippen molar-refractivity contribution < 1.29 is 4.79 Å². The monoisotopic (exact) mass is 274 g/mol. The molecule has 1 aromatic carbocycles. The van der Waals surface area contributed by atoms with Crippen molar-refractivity contribution in [3.63, 3.8) is 0 Å². The van der Waals surface area contributed by atoms with Crippen LogP contribution in [0.15, 0.2) is 18.2 Å². The minimum atomic E-state index is 0.148. The van der Waals surface area contributed by atoms with E-state index in [9.17, 15) is 4.79 Å². The number of nitrogens with one attached hydrogen (secondary N) is 2. The lowest BCUT2D eigenvalue weighted by atomic mass is 9.92. The molecule has 1 aliphatic rings. The Bertz CT molecular complexity index is 470. The number of benzene rings is 1. The summed E-state index contributed by atoms with van der Waals surface area (Å²) in [6, 6.07) is 6.97. The van der Waals surface area contributed by atoms with Crippen LogP contribution >= 0.6 is 0 Å². The molecule has 0 spiro atoms. The lowest BCUT2D eigenvalue weighted by molar-refractivity contribution is -0.122. The Morgan fingerprint density at radius 2 is 2.20 bits per heavy atom. The number of anilines is 1. The number of amides is 1. The first kappa shape index (κ1) is 14.9. The molecule has 0 aromatic heterocycles. The van der Waals surface area contributed by atoms with Gasteiger partial charge in [-0.25, -0.2) is 0 Å². The van der Waals surface area contributed by atoms with Crippen molar-refractivity contribution in [2.75, 3.05) is 5.32 Å². The average molecular weight is 274 g/mol. The van der Waals surface area contributed by atoms with Crippen molar-refractivity contribution in [1.29, 1.82) is 0 Å². The normalized spacial score (nSPS) is 20.9. The molecule has 2 N–H and O–H groups in total. The van der Waals surface area contributed by atoms with E-state index in [0.717, 1.165) is 31.4 Å². The molecule has 0 fully saturated rings. The van der Waals surface area contributed by atoms with Gasteiger partial charge < -0.3 is 10.6 Å². The molecular weight excluding hydrogens is 248 g/mol. The van der Waals surface area contributed by atoms with Gasteiger partial charge in [0.25, 0.3) is 0 Å². The van der Waals surface area contributed by atoms with Gasteiger partial charge in [-0.15, -0.1) is 0 Å². The van der Waals surface area contributed by atoms with Gasteiger partial charge in [-0.1, -0.05) is 37.5 Å². The number of unbranched alkanes of at least 4 members (excludes halogenated alkanes) is 2. The standard InChI is InChI=1S/C17H26N2O/c1-4-5-6-7-17(20)19-16-11-13(3)18-15-9-8-12(2)10-14(15)16/h8-10,13,16,18H,4-7,11H2,1-3H3,(H,19,20)/t13-,16-/m0/s1. The van der Waals surface area contributed by atoms with Crippen LogP contribution in [-0.4, -0.2) is 11.9 Å². The molecule has 0 radical (unpaired) electrons. The van der Waals surface area contributed by atoms with E-state index in [1.54, 1.807) is 0 Å². The van der Waals surface area contributed by atoms with Gasteiger partial charge in [0.15, 0.2) is 0 Å². The van der Waals surface area contributed by atoms with Gasteiger partial charge in [-0.05, 0) is 38.3 Å². The van der Waals surface area contributed by atoms with Gasteiger partial charge in [0.2, 0.25) is 5.91 Å². The van der Waals surface area contributed by atoms with Crippen LogP contribution in [0.1, 0.15) is 63.1 Å². The summed E-state index contributed by atoms with van der Waals surface area (Å²) in [5.74, 6) is 0.185. The van der Waals surface area contributed by atoms with Crippen molar-refractivity contribution in [2.45, 2.75) is 65.0 Å². The second-order valence-electron chi connectivity index (χ2n) is 5.95. The molecule has 1 heterocycles. The predicted molar refractivity (Wildman–Crippen MR) is 83.9 cm³/mol. The average Bonchev–Trinajstić information content (AvgIpc) is 2.40. The van der Waals surface area contributed by atoms with Gasteiger partial charge in [0.05, 0.1) is 6.04 Å². The number of carbonyl (C=O) groups excluding carboxylic acids is 1. The van der Waals surface area contributed by atoms with Crippen molar-refractivity contribution in [3.05, 3.63) is 29.3 Å². The topological polar surface area (TPSA) is 41.1 Å². The van der Waals surface area contributed by atoms with E-state index in [2.05, 4.69) is 49.6 Å². The van der Waals surface area contributed by atoms with Crippen LogP contribution in [0.2, 0.25) is 0 Å².